The molecule has 0 aromatic carbocycles. The van der Waals surface area contributed by atoms with Gasteiger partial charge in [-0.2, -0.15) is 0 Å². The first-order chi connectivity index (χ1) is 4.99. The summed E-state index contributed by atoms with van der Waals surface area (Å²) in [6.45, 7) is 6.18. The Kier molecular flexibility index (Phi) is 2.69. The fourth-order valence-corrected chi connectivity index (χ4v) is 1.53. The van der Waals surface area contributed by atoms with Crippen LogP contribution in [-0.2, 0) is 0 Å². The third-order valence-corrected chi connectivity index (χ3v) is 2.06. The molecule has 0 bridgehead atoms. The SMILES string of the molecule is [Li][c]1cscc1OC(C)(C)C. The Morgan fingerprint density at radius 3 is 2.36 bits per heavy atom. The van der Waals surface area contributed by atoms with E-state index in [0.717, 1.165) is 5.75 Å². The molecule has 0 saturated carbocycles. The maximum absolute atomic E-state index is 5.68. The van der Waals surface area contributed by atoms with Gasteiger partial charge in [0.2, 0.25) is 0 Å². The molecule has 0 atom stereocenters. The van der Waals surface area contributed by atoms with Crippen LogP contribution in [0, 0.1) is 0 Å². The van der Waals surface area contributed by atoms with E-state index in [1.54, 1.807) is 11.3 Å². The minimum atomic E-state index is -0.0775. The van der Waals surface area contributed by atoms with Crippen LogP contribution >= 0.6 is 11.3 Å². The normalized spacial score (nSPS) is 11.7. The molecule has 0 radical (unpaired) electrons. The molecule has 3 heteroatoms. The predicted octanol–water partition coefficient (Wildman–Crippen LogP) is 1.72. The molecule has 0 amide bonds. The minimum absolute atomic E-state index is 0.0775. The van der Waals surface area contributed by atoms with Gasteiger partial charge in [0.25, 0.3) is 0 Å². The average molecular weight is 162 g/mol. The van der Waals surface area contributed by atoms with E-state index in [2.05, 4.69) is 43.9 Å². The number of ether oxygens (including phenoxy) is 1. The molecule has 1 aromatic heterocycles. The average Bonchev–Trinajstić information content (AvgIpc) is 2.12. The quantitative estimate of drug-likeness (QED) is 0.571. The van der Waals surface area contributed by atoms with Crippen molar-refractivity contribution in [3.8, 4) is 5.75 Å². The fraction of sp³-hybridized carbons (Fsp3) is 0.500. The van der Waals surface area contributed by atoms with Gasteiger partial charge in [-0.3, -0.25) is 0 Å². The number of thiophene rings is 1. The number of hydrogen-bond acceptors (Lipinski definition) is 2. The molecule has 0 saturated heterocycles. The Morgan fingerprint density at radius 1 is 1.36 bits per heavy atom. The molecule has 0 aliphatic rings. The second kappa shape index (κ2) is 3.23. The van der Waals surface area contributed by atoms with Gasteiger partial charge in [-0.25, -0.2) is 0 Å². The van der Waals surface area contributed by atoms with Crippen LogP contribution in [0.25, 0.3) is 0 Å². The second-order valence-electron chi connectivity index (χ2n) is 3.63. The molecule has 1 heterocycles. The van der Waals surface area contributed by atoms with Crippen LogP contribution in [0.3, 0.4) is 0 Å². The molecule has 0 unspecified atom stereocenters. The van der Waals surface area contributed by atoms with E-state index in [4.69, 9.17) is 4.74 Å². The molecule has 0 aliphatic heterocycles. The summed E-state index contributed by atoms with van der Waals surface area (Å²) in [5, 5.41) is 4.14. The molecule has 0 spiro atoms. The third kappa shape index (κ3) is 2.90. The van der Waals surface area contributed by atoms with Gasteiger partial charge in [0.15, 0.2) is 0 Å². The first-order valence-corrected chi connectivity index (χ1v) is 4.65. The number of hydrogen-bond donors (Lipinski definition) is 0. The van der Waals surface area contributed by atoms with Gasteiger partial charge in [-0.05, 0) is 0 Å². The summed E-state index contributed by atoms with van der Waals surface area (Å²) >= 11 is 3.75. The standard InChI is InChI=1S/C8H11OS.Li/c1-8(2,3)9-7-4-5-10-6-7;/h5-6H,1-3H3;. The van der Waals surface area contributed by atoms with Crippen LogP contribution < -0.4 is 8.97 Å². The van der Waals surface area contributed by atoms with E-state index in [-0.39, 0.29) is 5.60 Å². The van der Waals surface area contributed by atoms with Crippen LogP contribution in [0.15, 0.2) is 10.8 Å². The zero-order chi connectivity index (χ0) is 8.48. The van der Waals surface area contributed by atoms with Crippen molar-refractivity contribution in [2.75, 3.05) is 0 Å². The molecular weight excluding hydrogens is 151 g/mol. The Hall–Kier alpha value is 0.0974. The Labute approximate surface area is 81.0 Å². The van der Waals surface area contributed by atoms with Gasteiger partial charge in [-0.15, -0.1) is 0 Å². The molecule has 0 fully saturated rings. The second-order valence-corrected chi connectivity index (χ2v) is 4.38. The maximum atomic E-state index is 5.68. The van der Waals surface area contributed by atoms with Crippen molar-refractivity contribution >= 4 is 33.3 Å². The van der Waals surface area contributed by atoms with Crippen LogP contribution in [0.2, 0.25) is 0 Å². The summed E-state index contributed by atoms with van der Waals surface area (Å²) in [6.07, 6.45) is 0. The van der Waals surface area contributed by atoms with E-state index in [9.17, 15) is 0 Å². The summed E-state index contributed by atoms with van der Waals surface area (Å²) in [5.74, 6) is 1.02. The summed E-state index contributed by atoms with van der Waals surface area (Å²) in [6, 6.07) is 0. The zero-order valence-corrected chi connectivity index (χ0v) is 8.29. The van der Waals surface area contributed by atoms with Crippen LogP contribution in [-0.4, -0.2) is 23.3 Å². The van der Waals surface area contributed by atoms with Crippen molar-refractivity contribution in [2.24, 2.45) is 0 Å². The topological polar surface area (TPSA) is 9.23 Å². The van der Waals surface area contributed by atoms with E-state index >= 15 is 0 Å². The van der Waals surface area contributed by atoms with Gasteiger partial charge in [0, 0.05) is 0 Å². The molecule has 11 heavy (non-hydrogen) atoms. The van der Waals surface area contributed by atoms with Crippen LogP contribution in [0.4, 0.5) is 0 Å². The van der Waals surface area contributed by atoms with E-state index in [1.807, 2.05) is 5.38 Å². The van der Waals surface area contributed by atoms with Gasteiger partial charge in [0.05, 0.1) is 0 Å². The summed E-state index contributed by atoms with van der Waals surface area (Å²) in [4.78, 5) is 0. The van der Waals surface area contributed by atoms with Crippen molar-refractivity contribution in [2.45, 2.75) is 26.4 Å². The molecule has 1 rings (SSSR count). The predicted molar refractivity (Wildman–Crippen MR) is 50.1 cm³/mol. The van der Waals surface area contributed by atoms with Gasteiger partial charge in [-0.1, -0.05) is 0 Å². The van der Waals surface area contributed by atoms with E-state index in [0.29, 0.717) is 0 Å². The Balaban J connectivity index is 2.72. The van der Waals surface area contributed by atoms with E-state index < -0.39 is 0 Å². The van der Waals surface area contributed by atoms with E-state index in [1.165, 1.54) is 4.24 Å². The van der Waals surface area contributed by atoms with Crippen molar-refractivity contribution < 1.29 is 4.74 Å². The zero-order valence-electron chi connectivity index (χ0n) is 7.47. The fourth-order valence-electron chi connectivity index (χ4n) is 0.783. The van der Waals surface area contributed by atoms with Crippen LogP contribution in [0.5, 0.6) is 5.75 Å². The van der Waals surface area contributed by atoms with Crippen molar-refractivity contribution in [1.82, 2.24) is 0 Å². The molecule has 0 N–H and O–H groups in total. The van der Waals surface area contributed by atoms with Gasteiger partial charge in [0.1, 0.15) is 0 Å². The molecule has 0 aliphatic carbocycles. The van der Waals surface area contributed by atoms with Crippen molar-refractivity contribution in [1.29, 1.82) is 0 Å². The summed E-state index contributed by atoms with van der Waals surface area (Å²) in [5.41, 5.74) is -0.0775. The molecule has 1 nitrogen and oxygen atoms in total. The monoisotopic (exact) mass is 162 g/mol. The van der Waals surface area contributed by atoms with Crippen molar-refractivity contribution in [3.05, 3.63) is 10.8 Å². The van der Waals surface area contributed by atoms with Crippen LogP contribution in [0.1, 0.15) is 20.8 Å². The summed E-state index contributed by atoms with van der Waals surface area (Å²) in [7, 11) is 0. The van der Waals surface area contributed by atoms with Crippen molar-refractivity contribution in [3.63, 3.8) is 0 Å². The first kappa shape index (κ1) is 9.19. The molecule has 1 aromatic rings. The molecular formula is C8H11LiOS. The summed E-state index contributed by atoms with van der Waals surface area (Å²) < 4.78 is 6.91. The molecule has 56 valence electrons. The Morgan fingerprint density at radius 2 is 2.00 bits per heavy atom. The Bertz CT molecular complexity index is 236. The van der Waals surface area contributed by atoms with Gasteiger partial charge >= 0.3 is 80.9 Å². The first-order valence-electron chi connectivity index (χ1n) is 3.71. The third-order valence-electron chi connectivity index (χ3n) is 1.22. The van der Waals surface area contributed by atoms with Gasteiger partial charge < -0.3 is 0 Å². The number of rotatable bonds is 1.